The summed E-state index contributed by atoms with van der Waals surface area (Å²) in [6.45, 7) is 2.67. The van der Waals surface area contributed by atoms with Crippen LogP contribution in [0.25, 0.3) is 21.1 Å². The fraction of sp³-hybridized carbons (Fsp3) is 0.211. The predicted molar refractivity (Wildman–Crippen MR) is 102 cm³/mol. The zero-order valence-corrected chi connectivity index (χ0v) is 14.9. The lowest BCUT2D eigenvalue weighted by atomic mass is 10.2. The third kappa shape index (κ3) is 3.06. The second-order valence-electron chi connectivity index (χ2n) is 6.14. The van der Waals surface area contributed by atoms with Crippen LogP contribution in [0.2, 0.25) is 0 Å². The van der Waals surface area contributed by atoms with Crippen LogP contribution in [0, 0.1) is 0 Å². The average Bonchev–Trinajstić information content (AvgIpc) is 3.05. The number of rotatable bonds is 4. The maximum atomic E-state index is 12.2. The third-order valence-electron chi connectivity index (χ3n) is 4.39. The molecule has 2 heterocycles. The molecule has 4 aromatic rings. The molecule has 5 nitrogen and oxygen atoms in total. The molecule has 0 aliphatic heterocycles. The molecule has 0 radical (unpaired) electrons. The Morgan fingerprint density at radius 2 is 1.80 bits per heavy atom. The normalized spacial score (nSPS) is 12.9. The first-order valence-corrected chi connectivity index (χ1v) is 8.97. The van der Waals surface area contributed by atoms with Gasteiger partial charge in [-0.05, 0) is 38.2 Å². The minimum absolute atomic E-state index is 0.0957. The highest BCUT2D eigenvalue weighted by atomic mass is 32.1. The van der Waals surface area contributed by atoms with Crippen LogP contribution in [0.4, 0.5) is 0 Å². The smallest absolute Gasteiger partial charge is 0.258 e. The van der Waals surface area contributed by atoms with Crippen molar-refractivity contribution in [2.45, 2.75) is 19.5 Å². The zero-order chi connectivity index (χ0) is 17.4. The molecule has 126 valence electrons. The predicted octanol–water partition coefficient (Wildman–Crippen LogP) is 3.73. The number of nitrogens with one attached hydrogen (secondary N) is 1. The van der Waals surface area contributed by atoms with Gasteiger partial charge in [-0.25, -0.2) is 9.97 Å². The van der Waals surface area contributed by atoms with E-state index in [9.17, 15) is 4.79 Å². The van der Waals surface area contributed by atoms with E-state index in [0.29, 0.717) is 17.8 Å². The second kappa shape index (κ2) is 6.38. The van der Waals surface area contributed by atoms with Crippen molar-refractivity contribution in [3.63, 3.8) is 0 Å². The SMILES string of the molecule is C[C@H](c1nc2ccccc2s1)N(C)Cc1nc2ccccc2c(=O)[nH]1. The molecule has 0 fully saturated rings. The lowest BCUT2D eigenvalue weighted by Crippen LogP contribution is -2.24. The van der Waals surface area contributed by atoms with Gasteiger partial charge in [0.05, 0.1) is 33.7 Å². The molecule has 0 saturated heterocycles. The molecule has 0 bridgehead atoms. The second-order valence-corrected chi connectivity index (χ2v) is 7.20. The molecule has 1 N–H and O–H groups in total. The zero-order valence-electron chi connectivity index (χ0n) is 14.1. The Labute approximate surface area is 149 Å². The maximum absolute atomic E-state index is 12.2. The molecule has 0 amide bonds. The molecule has 4 rings (SSSR count). The van der Waals surface area contributed by atoms with Gasteiger partial charge in [-0.3, -0.25) is 9.69 Å². The summed E-state index contributed by atoms with van der Waals surface area (Å²) in [6, 6.07) is 15.7. The van der Waals surface area contributed by atoms with Crippen LogP contribution in [0.3, 0.4) is 0 Å². The van der Waals surface area contributed by atoms with Crippen LogP contribution in [-0.2, 0) is 6.54 Å². The van der Waals surface area contributed by atoms with Gasteiger partial charge in [-0.2, -0.15) is 0 Å². The average molecular weight is 350 g/mol. The summed E-state index contributed by atoms with van der Waals surface area (Å²) >= 11 is 1.70. The number of para-hydroxylation sites is 2. The summed E-state index contributed by atoms with van der Waals surface area (Å²) in [7, 11) is 2.02. The molecule has 0 aliphatic carbocycles. The van der Waals surface area contributed by atoms with Gasteiger partial charge < -0.3 is 4.98 Å². The molecule has 0 aliphatic rings. The topological polar surface area (TPSA) is 61.9 Å². The first kappa shape index (κ1) is 15.9. The fourth-order valence-electron chi connectivity index (χ4n) is 2.84. The van der Waals surface area contributed by atoms with Gasteiger partial charge in [-0.1, -0.05) is 24.3 Å². The van der Waals surface area contributed by atoms with Crippen LogP contribution >= 0.6 is 11.3 Å². The number of hydrogen-bond acceptors (Lipinski definition) is 5. The van der Waals surface area contributed by atoms with E-state index in [4.69, 9.17) is 4.98 Å². The summed E-state index contributed by atoms with van der Waals surface area (Å²) < 4.78 is 1.19. The van der Waals surface area contributed by atoms with Crippen molar-refractivity contribution >= 4 is 32.5 Å². The van der Waals surface area contributed by atoms with Gasteiger partial charge in [0.1, 0.15) is 10.8 Å². The Hall–Kier alpha value is -2.57. The van der Waals surface area contributed by atoms with E-state index in [-0.39, 0.29) is 11.6 Å². The van der Waals surface area contributed by atoms with Crippen molar-refractivity contribution in [2.24, 2.45) is 0 Å². The third-order valence-corrected chi connectivity index (χ3v) is 5.60. The Kier molecular flexibility index (Phi) is 4.07. The van der Waals surface area contributed by atoms with Crippen molar-refractivity contribution in [3.05, 3.63) is 69.7 Å². The number of aromatic nitrogens is 3. The molecule has 6 heteroatoms. The van der Waals surface area contributed by atoms with E-state index in [2.05, 4.69) is 27.9 Å². The standard InChI is InChI=1S/C19H18N4OS/c1-12(19-21-15-9-5-6-10-16(15)25-19)23(2)11-17-20-14-8-4-3-7-13(14)18(24)22-17/h3-10,12H,11H2,1-2H3,(H,20,22,24)/t12-/m1/s1. The Balaban J connectivity index is 1.60. The van der Waals surface area contributed by atoms with Crippen molar-refractivity contribution in [1.29, 1.82) is 0 Å². The monoisotopic (exact) mass is 350 g/mol. The highest BCUT2D eigenvalue weighted by Crippen LogP contribution is 2.29. The number of nitrogens with zero attached hydrogens (tertiary/aromatic N) is 3. The highest BCUT2D eigenvalue weighted by molar-refractivity contribution is 7.18. The molecule has 0 unspecified atom stereocenters. The van der Waals surface area contributed by atoms with Gasteiger partial charge in [0.15, 0.2) is 0 Å². The van der Waals surface area contributed by atoms with Crippen LogP contribution in [0.5, 0.6) is 0 Å². The van der Waals surface area contributed by atoms with E-state index in [1.807, 2.05) is 43.4 Å². The summed E-state index contributed by atoms with van der Waals surface area (Å²) in [6.07, 6.45) is 0. The van der Waals surface area contributed by atoms with E-state index in [0.717, 1.165) is 16.0 Å². The molecular weight excluding hydrogens is 332 g/mol. The fourth-order valence-corrected chi connectivity index (χ4v) is 3.92. The number of hydrogen-bond donors (Lipinski definition) is 1. The van der Waals surface area contributed by atoms with Gasteiger partial charge in [0, 0.05) is 0 Å². The Morgan fingerprint density at radius 1 is 1.08 bits per heavy atom. The number of H-pyrrole nitrogens is 1. The molecule has 0 spiro atoms. The minimum Gasteiger partial charge on any atom is -0.309 e. The summed E-state index contributed by atoms with van der Waals surface area (Å²) in [5, 5.41) is 1.68. The van der Waals surface area contributed by atoms with Crippen molar-refractivity contribution < 1.29 is 0 Å². The first-order valence-electron chi connectivity index (χ1n) is 8.15. The first-order chi connectivity index (χ1) is 12.1. The van der Waals surface area contributed by atoms with Gasteiger partial charge >= 0.3 is 0 Å². The molecule has 0 saturated carbocycles. The van der Waals surface area contributed by atoms with E-state index in [1.165, 1.54) is 4.70 Å². The van der Waals surface area contributed by atoms with Gasteiger partial charge in [0.2, 0.25) is 0 Å². The Morgan fingerprint density at radius 3 is 2.60 bits per heavy atom. The quantitative estimate of drug-likeness (QED) is 0.609. The lowest BCUT2D eigenvalue weighted by Gasteiger charge is -2.22. The van der Waals surface area contributed by atoms with E-state index in [1.54, 1.807) is 17.4 Å². The number of aromatic amines is 1. The van der Waals surface area contributed by atoms with E-state index < -0.39 is 0 Å². The van der Waals surface area contributed by atoms with Crippen molar-refractivity contribution in [1.82, 2.24) is 19.9 Å². The number of benzene rings is 2. The van der Waals surface area contributed by atoms with Gasteiger partial charge in [0.25, 0.3) is 5.56 Å². The van der Waals surface area contributed by atoms with Crippen LogP contribution in [0.1, 0.15) is 23.8 Å². The number of thiazole rings is 1. The molecular formula is C19H18N4OS. The summed E-state index contributed by atoms with van der Waals surface area (Å²) in [5.74, 6) is 0.666. The van der Waals surface area contributed by atoms with Crippen molar-refractivity contribution in [3.8, 4) is 0 Å². The van der Waals surface area contributed by atoms with Crippen LogP contribution in [0.15, 0.2) is 53.3 Å². The van der Waals surface area contributed by atoms with Crippen molar-refractivity contribution in [2.75, 3.05) is 7.05 Å². The molecule has 25 heavy (non-hydrogen) atoms. The minimum atomic E-state index is -0.0957. The summed E-state index contributed by atoms with van der Waals surface area (Å²) in [5.41, 5.74) is 1.66. The number of fused-ring (bicyclic) bond motifs is 2. The molecule has 2 aromatic heterocycles. The molecule has 1 atom stereocenters. The largest absolute Gasteiger partial charge is 0.309 e. The van der Waals surface area contributed by atoms with Crippen LogP contribution < -0.4 is 5.56 Å². The lowest BCUT2D eigenvalue weighted by molar-refractivity contribution is 0.246. The Bertz CT molecular complexity index is 1070. The summed E-state index contributed by atoms with van der Waals surface area (Å²) in [4.78, 5) is 26.6. The van der Waals surface area contributed by atoms with Crippen LogP contribution in [-0.4, -0.2) is 26.9 Å². The van der Waals surface area contributed by atoms with Gasteiger partial charge in [-0.15, -0.1) is 11.3 Å². The highest BCUT2D eigenvalue weighted by Gasteiger charge is 2.17. The maximum Gasteiger partial charge on any atom is 0.258 e. The molecule has 2 aromatic carbocycles. The van der Waals surface area contributed by atoms with E-state index >= 15 is 0 Å².